The van der Waals surface area contributed by atoms with Gasteiger partial charge in [-0.25, -0.2) is 0 Å². The maximum atomic E-state index is 12.7. The molecule has 3 saturated carbocycles. The fourth-order valence-corrected chi connectivity index (χ4v) is 7.38. The Balaban J connectivity index is 1.70. The number of ketones is 2. The van der Waals surface area contributed by atoms with E-state index in [9.17, 15) is 9.59 Å². The second kappa shape index (κ2) is 6.74. The van der Waals surface area contributed by atoms with Gasteiger partial charge >= 0.3 is 0 Å². The third kappa shape index (κ3) is 2.75. The van der Waals surface area contributed by atoms with Crippen LogP contribution in [0.1, 0.15) is 85.5 Å². The summed E-state index contributed by atoms with van der Waals surface area (Å²) in [4.78, 5) is 25.4. The first-order valence-electron chi connectivity index (χ1n) is 11.3. The van der Waals surface area contributed by atoms with Gasteiger partial charge in [0.15, 0.2) is 11.5 Å². The van der Waals surface area contributed by atoms with E-state index < -0.39 is 0 Å². The molecule has 0 aromatic carbocycles. The summed E-state index contributed by atoms with van der Waals surface area (Å²) >= 11 is 0. The first-order chi connectivity index (χ1) is 12.8. The summed E-state index contributed by atoms with van der Waals surface area (Å²) in [7, 11) is 0. The van der Waals surface area contributed by atoms with Gasteiger partial charge in [0.2, 0.25) is 0 Å². The summed E-state index contributed by atoms with van der Waals surface area (Å²) in [6.07, 6.45) is 8.83. The van der Waals surface area contributed by atoms with Crippen molar-refractivity contribution in [1.82, 2.24) is 0 Å². The third-order valence-electron chi connectivity index (χ3n) is 8.81. The minimum Gasteiger partial charge on any atom is -0.490 e. The van der Waals surface area contributed by atoms with Crippen molar-refractivity contribution in [1.29, 1.82) is 0 Å². The molecule has 0 aromatic heterocycles. The third-order valence-corrected chi connectivity index (χ3v) is 8.81. The van der Waals surface area contributed by atoms with E-state index >= 15 is 0 Å². The van der Waals surface area contributed by atoms with Crippen LogP contribution in [0.25, 0.3) is 0 Å². The molecular weight excluding hydrogens is 336 g/mol. The number of ether oxygens (including phenoxy) is 1. The summed E-state index contributed by atoms with van der Waals surface area (Å²) in [5, 5.41) is 0. The van der Waals surface area contributed by atoms with Crippen molar-refractivity contribution in [3.05, 3.63) is 11.3 Å². The first-order valence-corrected chi connectivity index (χ1v) is 11.3. The Hall–Kier alpha value is -1.12. The van der Waals surface area contributed by atoms with Crippen LogP contribution >= 0.6 is 0 Å². The lowest BCUT2D eigenvalue weighted by Crippen LogP contribution is -2.53. The van der Waals surface area contributed by atoms with Crippen LogP contribution in [0.2, 0.25) is 0 Å². The van der Waals surface area contributed by atoms with Crippen molar-refractivity contribution in [2.75, 3.05) is 6.61 Å². The standard InChI is InChI=1S/C24H36O3/c1-5-6-13-27-22-19(25)10-12-24(4)18-9-11-23(3)17(7-8-20(23)26)16(18)14-15(2)21(22)24/h15-18H,5-14H2,1-4H3/t15-,16-,17-,18-,23-,24+/m0/s1. The van der Waals surface area contributed by atoms with Gasteiger partial charge in [-0.3, -0.25) is 9.59 Å². The number of hydrogen-bond donors (Lipinski definition) is 0. The van der Waals surface area contributed by atoms with Gasteiger partial charge in [0.25, 0.3) is 0 Å². The van der Waals surface area contributed by atoms with Crippen LogP contribution in [0.15, 0.2) is 11.3 Å². The number of Topliss-reactive ketones (excluding diaryl/α,β-unsaturated/α-hetero) is 2. The smallest absolute Gasteiger partial charge is 0.197 e. The summed E-state index contributed by atoms with van der Waals surface area (Å²) in [6, 6.07) is 0. The summed E-state index contributed by atoms with van der Waals surface area (Å²) in [6.45, 7) is 9.77. The Kier molecular flexibility index (Phi) is 4.79. The van der Waals surface area contributed by atoms with Gasteiger partial charge in [-0.2, -0.15) is 0 Å². The van der Waals surface area contributed by atoms with E-state index in [2.05, 4.69) is 27.7 Å². The van der Waals surface area contributed by atoms with Crippen LogP contribution < -0.4 is 0 Å². The highest BCUT2D eigenvalue weighted by Gasteiger charge is 2.61. The highest BCUT2D eigenvalue weighted by Crippen LogP contribution is 2.66. The lowest BCUT2D eigenvalue weighted by atomic mass is 9.45. The van der Waals surface area contributed by atoms with Crippen LogP contribution in [0.5, 0.6) is 0 Å². The van der Waals surface area contributed by atoms with E-state index in [0.29, 0.717) is 42.5 Å². The van der Waals surface area contributed by atoms with Crippen LogP contribution in [0, 0.1) is 34.5 Å². The molecule has 3 fully saturated rings. The molecule has 27 heavy (non-hydrogen) atoms. The monoisotopic (exact) mass is 372 g/mol. The average Bonchev–Trinajstić information content (AvgIpc) is 2.93. The Labute approximate surface area is 164 Å². The molecular formula is C24H36O3. The van der Waals surface area contributed by atoms with Crippen LogP contribution in [-0.2, 0) is 14.3 Å². The van der Waals surface area contributed by atoms with Crippen molar-refractivity contribution in [3.63, 3.8) is 0 Å². The van der Waals surface area contributed by atoms with Gasteiger partial charge in [0, 0.05) is 18.3 Å². The fourth-order valence-electron chi connectivity index (χ4n) is 7.38. The number of carbonyl (C=O) groups is 2. The van der Waals surface area contributed by atoms with E-state index in [4.69, 9.17) is 4.74 Å². The topological polar surface area (TPSA) is 43.4 Å². The van der Waals surface area contributed by atoms with Crippen molar-refractivity contribution >= 4 is 11.6 Å². The Morgan fingerprint density at radius 2 is 1.78 bits per heavy atom. The molecule has 6 atom stereocenters. The van der Waals surface area contributed by atoms with Gasteiger partial charge in [0.1, 0.15) is 5.78 Å². The summed E-state index contributed by atoms with van der Waals surface area (Å²) in [5.74, 6) is 3.61. The Morgan fingerprint density at radius 3 is 2.52 bits per heavy atom. The average molecular weight is 373 g/mol. The minimum absolute atomic E-state index is 0.0742. The second-order valence-electron chi connectivity index (χ2n) is 10.2. The predicted molar refractivity (Wildman–Crippen MR) is 106 cm³/mol. The molecule has 0 radical (unpaired) electrons. The molecule has 3 nitrogen and oxygen atoms in total. The van der Waals surface area contributed by atoms with Crippen LogP contribution in [0.4, 0.5) is 0 Å². The van der Waals surface area contributed by atoms with Crippen molar-refractivity contribution in [3.8, 4) is 0 Å². The first kappa shape index (κ1) is 19.2. The van der Waals surface area contributed by atoms with E-state index in [0.717, 1.165) is 57.1 Å². The van der Waals surface area contributed by atoms with Gasteiger partial charge in [-0.15, -0.1) is 0 Å². The number of hydrogen-bond acceptors (Lipinski definition) is 3. The molecule has 3 heteroatoms. The molecule has 0 heterocycles. The molecule has 0 spiro atoms. The number of allylic oxidation sites excluding steroid dienone is 1. The summed E-state index contributed by atoms with van der Waals surface area (Å²) < 4.78 is 6.12. The predicted octanol–water partition coefficient (Wildman–Crippen LogP) is 5.48. The number of unbranched alkanes of at least 4 members (excludes halogenated alkanes) is 1. The molecule has 0 aliphatic heterocycles. The zero-order chi connectivity index (χ0) is 19.4. The number of carbonyl (C=O) groups excluding carboxylic acids is 2. The molecule has 0 aromatic rings. The molecule has 0 amide bonds. The molecule has 0 unspecified atom stereocenters. The summed E-state index contributed by atoms with van der Waals surface area (Å²) in [5.41, 5.74) is 1.32. The zero-order valence-electron chi connectivity index (χ0n) is 17.6. The fraction of sp³-hybridized carbons (Fsp3) is 0.833. The SMILES string of the molecule is CCCCOC1=C2[C@@H](C)C[C@@H]3[C@H](CC[C@]4(C)C(=O)CC[C@@H]34)[C@@]2(C)CCC1=O. The van der Waals surface area contributed by atoms with Gasteiger partial charge in [-0.05, 0) is 73.2 Å². The van der Waals surface area contributed by atoms with Crippen LogP contribution in [0.3, 0.4) is 0 Å². The second-order valence-corrected chi connectivity index (χ2v) is 10.2. The maximum absolute atomic E-state index is 12.7. The van der Waals surface area contributed by atoms with E-state index in [1.54, 1.807) is 0 Å². The normalized spacial score (nSPS) is 44.0. The van der Waals surface area contributed by atoms with Gasteiger partial charge in [-0.1, -0.05) is 34.1 Å². The molecule has 0 saturated heterocycles. The van der Waals surface area contributed by atoms with E-state index in [-0.39, 0.29) is 16.6 Å². The minimum atomic E-state index is -0.0800. The largest absolute Gasteiger partial charge is 0.490 e. The molecule has 4 aliphatic carbocycles. The molecule has 4 aliphatic rings. The quantitative estimate of drug-likeness (QED) is 0.614. The maximum Gasteiger partial charge on any atom is 0.197 e. The Morgan fingerprint density at radius 1 is 1.04 bits per heavy atom. The van der Waals surface area contributed by atoms with Crippen molar-refractivity contribution in [2.45, 2.75) is 85.5 Å². The molecule has 150 valence electrons. The number of rotatable bonds is 4. The van der Waals surface area contributed by atoms with E-state index in [1.807, 2.05) is 0 Å². The van der Waals surface area contributed by atoms with Crippen LogP contribution in [-0.4, -0.2) is 18.2 Å². The molecule has 4 rings (SSSR count). The number of fused-ring (bicyclic) bond motifs is 5. The van der Waals surface area contributed by atoms with Crippen molar-refractivity contribution < 1.29 is 14.3 Å². The highest BCUT2D eigenvalue weighted by atomic mass is 16.5. The van der Waals surface area contributed by atoms with Crippen molar-refractivity contribution in [2.24, 2.45) is 34.5 Å². The van der Waals surface area contributed by atoms with Gasteiger partial charge < -0.3 is 4.74 Å². The zero-order valence-corrected chi connectivity index (χ0v) is 17.6. The van der Waals surface area contributed by atoms with E-state index in [1.165, 1.54) is 5.57 Å². The Bertz CT molecular complexity index is 677. The molecule has 0 bridgehead atoms. The lowest BCUT2D eigenvalue weighted by molar-refractivity contribution is -0.134. The highest BCUT2D eigenvalue weighted by molar-refractivity contribution is 5.95. The lowest BCUT2D eigenvalue weighted by Gasteiger charge is -2.58. The molecule has 0 N–H and O–H groups in total. The van der Waals surface area contributed by atoms with Gasteiger partial charge in [0.05, 0.1) is 6.61 Å².